The number of benzene rings is 2. The SMILES string of the molecule is Cc1ccc(Nc2ccc(CCN)cc2F)cc1Cl. The average molecular weight is 279 g/mol. The Bertz CT molecular complexity index is 584. The minimum absolute atomic E-state index is 0.289. The van der Waals surface area contributed by atoms with Gasteiger partial charge in [0.1, 0.15) is 5.82 Å². The molecular weight excluding hydrogens is 263 g/mol. The van der Waals surface area contributed by atoms with Crippen molar-refractivity contribution in [3.05, 3.63) is 58.4 Å². The highest BCUT2D eigenvalue weighted by Gasteiger charge is 2.05. The lowest BCUT2D eigenvalue weighted by Crippen LogP contribution is -2.03. The molecule has 0 aromatic heterocycles. The summed E-state index contributed by atoms with van der Waals surface area (Å²) < 4.78 is 13.9. The van der Waals surface area contributed by atoms with E-state index in [1.807, 2.05) is 25.1 Å². The summed E-state index contributed by atoms with van der Waals surface area (Å²) in [6.45, 7) is 2.44. The molecule has 0 saturated heterocycles. The van der Waals surface area contributed by atoms with Crippen LogP contribution in [-0.2, 0) is 6.42 Å². The van der Waals surface area contributed by atoms with Gasteiger partial charge >= 0.3 is 0 Å². The van der Waals surface area contributed by atoms with Gasteiger partial charge in [0, 0.05) is 10.7 Å². The lowest BCUT2D eigenvalue weighted by Gasteiger charge is -2.10. The summed E-state index contributed by atoms with van der Waals surface area (Å²) in [6.07, 6.45) is 0.674. The molecule has 0 unspecified atom stereocenters. The fraction of sp³-hybridized carbons (Fsp3) is 0.200. The second-order valence-electron chi connectivity index (χ2n) is 4.44. The smallest absolute Gasteiger partial charge is 0.146 e. The Labute approximate surface area is 117 Å². The number of nitrogens with one attached hydrogen (secondary N) is 1. The Morgan fingerprint density at radius 3 is 2.63 bits per heavy atom. The predicted octanol–water partition coefficient (Wildman–Crippen LogP) is 4.03. The van der Waals surface area contributed by atoms with Gasteiger partial charge in [-0.05, 0) is 55.3 Å². The number of aryl methyl sites for hydroxylation is 1. The fourth-order valence-electron chi connectivity index (χ4n) is 1.81. The molecule has 0 aliphatic heterocycles. The van der Waals surface area contributed by atoms with E-state index >= 15 is 0 Å². The van der Waals surface area contributed by atoms with Crippen LogP contribution in [0.3, 0.4) is 0 Å². The molecule has 0 radical (unpaired) electrons. The third kappa shape index (κ3) is 3.46. The molecule has 2 aromatic rings. The van der Waals surface area contributed by atoms with Crippen molar-refractivity contribution in [2.45, 2.75) is 13.3 Å². The van der Waals surface area contributed by atoms with Gasteiger partial charge in [-0.25, -0.2) is 4.39 Å². The molecule has 0 spiro atoms. The maximum absolute atomic E-state index is 13.9. The van der Waals surface area contributed by atoms with Crippen LogP contribution >= 0.6 is 11.6 Å². The average Bonchev–Trinajstić information content (AvgIpc) is 2.37. The van der Waals surface area contributed by atoms with Crippen molar-refractivity contribution < 1.29 is 4.39 Å². The summed E-state index contributed by atoms with van der Waals surface area (Å²) >= 11 is 6.04. The zero-order chi connectivity index (χ0) is 13.8. The van der Waals surface area contributed by atoms with E-state index < -0.39 is 0 Å². The molecule has 0 aliphatic carbocycles. The molecule has 2 aromatic carbocycles. The minimum atomic E-state index is -0.289. The third-order valence-corrected chi connectivity index (χ3v) is 3.32. The normalized spacial score (nSPS) is 10.5. The van der Waals surface area contributed by atoms with Crippen molar-refractivity contribution >= 4 is 23.0 Å². The molecule has 19 heavy (non-hydrogen) atoms. The highest BCUT2D eigenvalue weighted by molar-refractivity contribution is 6.31. The molecule has 0 bridgehead atoms. The number of halogens is 2. The van der Waals surface area contributed by atoms with Crippen LogP contribution in [-0.4, -0.2) is 6.54 Å². The van der Waals surface area contributed by atoms with E-state index in [1.54, 1.807) is 12.1 Å². The summed E-state index contributed by atoms with van der Waals surface area (Å²) in [4.78, 5) is 0. The van der Waals surface area contributed by atoms with Crippen LogP contribution in [0.4, 0.5) is 15.8 Å². The van der Waals surface area contributed by atoms with Gasteiger partial charge in [0.2, 0.25) is 0 Å². The lowest BCUT2D eigenvalue weighted by atomic mass is 10.1. The second kappa shape index (κ2) is 6.04. The van der Waals surface area contributed by atoms with E-state index in [4.69, 9.17) is 17.3 Å². The van der Waals surface area contributed by atoms with Gasteiger partial charge in [-0.2, -0.15) is 0 Å². The maximum atomic E-state index is 13.9. The second-order valence-corrected chi connectivity index (χ2v) is 4.85. The first-order valence-corrected chi connectivity index (χ1v) is 6.49. The Kier molecular flexibility index (Phi) is 4.40. The van der Waals surface area contributed by atoms with Gasteiger partial charge in [0.25, 0.3) is 0 Å². The van der Waals surface area contributed by atoms with E-state index in [-0.39, 0.29) is 5.82 Å². The molecule has 100 valence electrons. The van der Waals surface area contributed by atoms with Crippen molar-refractivity contribution in [3.8, 4) is 0 Å². The van der Waals surface area contributed by atoms with E-state index in [2.05, 4.69) is 5.32 Å². The maximum Gasteiger partial charge on any atom is 0.146 e. The highest BCUT2D eigenvalue weighted by atomic mass is 35.5. The molecule has 0 heterocycles. The first kappa shape index (κ1) is 13.8. The van der Waals surface area contributed by atoms with Crippen molar-refractivity contribution in [1.29, 1.82) is 0 Å². The summed E-state index contributed by atoms with van der Waals surface area (Å²) in [5.41, 5.74) is 8.53. The fourth-order valence-corrected chi connectivity index (χ4v) is 1.99. The zero-order valence-corrected chi connectivity index (χ0v) is 11.5. The van der Waals surface area contributed by atoms with E-state index in [0.29, 0.717) is 23.7 Å². The van der Waals surface area contributed by atoms with Crippen molar-refractivity contribution in [2.75, 3.05) is 11.9 Å². The Morgan fingerprint density at radius 2 is 2.00 bits per heavy atom. The lowest BCUT2D eigenvalue weighted by molar-refractivity contribution is 0.629. The number of rotatable bonds is 4. The predicted molar refractivity (Wildman–Crippen MR) is 78.6 cm³/mol. The molecule has 3 N–H and O–H groups in total. The molecule has 0 amide bonds. The molecule has 0 atom stereocenters. The number of anilines is 2. The topological polar surface area (TPSA) is 38.0 Å². The molecule has 0 fully saturated rings. The standard InChI is InChI=1S/C15H16ClFN2/c1-10-2-4-12(9-13(10)16)19-15-5-3-11(6-7-18)8-14(15)17/h2-5,8-9,19H,6-7,18H2,1H3. The van der Waals surface area contributed by atoms with Crippen molar-refractivity contribution in [1.82, 2.24) is 0 Å². The Morgan fingerprint density at radius 1 is 1.21 bits per heavy atom. The van der Waals surface area contributed by atoms with Gasteiger partial charge in [0.15, 0.2) is 0 Å². The van der Waals surface area contributed by atoms with E-state index in [1.165, 1.54) is 6.07 Å². The molecule has 4 heteroatoms. The van der Waals surface area contributed by atoms with Gasteiger partial charge in [-0.15, -0.1) is 0 Å². The largest absolute Gasteiger partial charge is 0.353 e. The van der Waals surface area contributed by atoms with Crippen LogP contribution in [0.5, 0.6) is 0 Å². The van der Waals surface area contributed by atoms with Crippen LogP contribution in [0.1, 0.15) is 11.1 Å². The van der Waals surface area contributed by atoms with Crippen LogP contribution in [0.15, 0.2) is 36.4 Å². The summed E-state index contributed by atoms with van der Waals surface area (Å²) in [6, 6.07) is 10.6. The van der Waals surface area contributed by atoms with E-state index in [9.17, 15) is 4.39 Å². The van der Waals surface area contributed by atoms with Crippen LogP contribution < -0.4 is 11.1 Å². The molecule has 2 nitrogen and oxygen atoms in total. The Hall–Kier alpha value is -1.58. The van der Waals surface area contributed by atoms with E-state index in [0.717, 1.165) is 16.8 Å². The van der Waals surface area contributed by atoms with Crippen LogP contribution in [0, 0.1) is 12.7 Å². The van der Waals surface area contributed by atoms with Crippen molar-refractivity contribution in [3.63, 3.8) is 0 Å². The number of nitrogens with two attached hydrogens (primary N) is 1. The van der Waals surface area contributed by atoms with Gasteiger partial charge < -0.3 is 11.1 Å². The third-order valence-electron chi connectivity index (χ3n) is 2.92. The number of hydrogen-bond donors (Lipinski definition) is 2. The minimum Gasteiger partial charge on any atom is -0.353 e. The summed E-state index contributed by atoms with van der Waals surface area (Å²) in [5, 5.41) is 3.68. The molecule has 0 aliphatic rings. The summed E-state index contributed by atoms with van der Waals surface area (Å²) in [7, 11) is 0. The molecule has 2 rings (SSSR count). The summed E-state index contributed by atoms with van der Waals surface area (Å²) in [5.74, 6) is -0.289. The van der Waals surface area contributed by atoms with Gasteiger partial charge in [-0.1, -0.05) is 23.7 Å². The van der Waals surface area contributed by atoms with Crippen molar-refractivity contribution in [2.24, 2.45) is 5.73 Å². The monoisotopic (exact) mass is 278 g/mol. The quantitative estimate of drug-likeness (QED) is 0.886. The zero-order valence-electron chi connectivity index (χ0n) is 10.7. The molecule has 0 saturated carbocycles. The Balaban J connectivity index is 2.20. The van der Waals surface area contributed by atoms with Crippen LogP contribution in [0.25, 0.3) is 0 Å². The number of hydrogen-bond acceptors (Lipinski definition) is 2. The molecular formula is C15H16ClFN2. The van der Waals surface area contributed by atoms with Gasteiger partial charge in [0.05, 0.1) is 5.69 Å². The first-order valence-electron chi connectivity index (χ1n) is 6.12. The van der Waals surface area contributed by atoms with Crippen LogP contribution in [0.2, 0.25) is 5.02 Å². The van der Waals surface area contributed by atoms with Gasteiger partial charge in [-0.3, -0.25) is 0 Å². The highest BCUT2D eigenvalue weighted by Crippen LogP contribution is 2.25. The first-order chi connectivity index (χ1) is 9.10.